The minimum atomic E-state index is -0.151. The zero-order valence-electron chi connectivity index (χ0n) is 13.1. The summed E-state index contributed by atoms with van der Waals surface area (Å²) in [5, 5.41) is 4.14. The van der Waals surface area contributed by atoms with Gasteiger partial charge in [-0.15, -0.1) is 0 Å². The molecule has 3 atom stereocenters. The van der Waals surface area contributed by atoms with Gasteiger partial charge in [0.15, 0.2) is 0 Å². The highest BCUT2D eigenvalue weighted by molar-refractivity contribution is 6.35. The van der Waals surface area contributed by atoms with Crippen molar-refractivity contribution < 1.29 is 9.53 Å². The molecule has 1 fully saturated rings. The van der Waals surface area contributed by atoms with Crippen molar-refractivity contribution in [2.45, 2.75) is 44.9 Å². The fraction of sp³-hybridized carbons (Fsp3) is 0.562. The van der Waals surface area contributed by atoms with Gasteiger partial charge in [-0.3, -0.25) is 0 Å². The van der Waals surface area contributed by atoms with Crippen LogP contribution in [0.15, 0.2) is 18.2 Å². The standard InChI is InChI=1S/C16H22Cl2N2O2/c1-10(15-5-4-8-22-15)19-16(21)20(3)11(2)13-7-6-12(17)9-14(13)18/h6-7,9-11,15H,4-5,8H2,1-3H3,(H,19,21)/t10-,11+,15-/m0/s1. The van der Waals surface area contributed by atoms with Gasteiger partial charge in [-0.25, -0.2) is 4.79 Å². The zero-order chi connectivity index (χ0) is 16.3. The van der Waals surface area contributed by atoms with Crippen LogP contribution in [0.25, 0.3) is 0 Å². The average molecular weight is 345 g/mol. The van der Waals surface area contributed by atoms with Crippen molar-refractivity contribution in [2.75, 3.05) is 13.7 Å². The summed E-state index contributed by atoms with van der Waals surface area (Å²) in [5.74, 6) is 0. The zero-order valence-corrected chi connectivity index (χ0v) is 14.6. The number of carbonyl (C=O) groups is 1. The van der Waals surface area contributed by atoms with E-state index >= 15 is 0 Å². The highest BCUT2D eigenvalue weighted by Gasteiger charge is 2.26. The molecule has 122 valence electrons. The Kier molecular flexibility index (Phi) is 5.95. The third kappa shape index (κ3) is 4.06. The van der Waals surface area contributed by atoms with E-state index in [-0.39, 0.29) is 24.2 Å². The number of halogens is 2. The smallest absolute Gasteiger partial charge is 0.317 e. The first kappa shape index (κ1) is 17.4. The van der Waals surface area contributed by atoms with Gasteiger partial charge >= 0.3 is 6.03 Å². The molecule has 2 rings (SSSR count). The summed E-state index contributed by atoms with van der Waals surface area (Å²) in [6.07, 6.45) is 2.15. The van der Waals surface area contributed by atoms with Crippen molar-refractivity contribution in [2.24, 2.45) is 0 Å². The van der Waals surface area contributed by atoms with Crippen LogP contribution in [-0.2, 0) is 4.74 Å². The molecule has 1 saturated heterocycles. The van der Waals surface area contributed by atoms with Crippen molar-refractivity contribution in [3.05, 3.63) is 33.8 Å². The monoisotopic (exact) mass is 344 g/mol. The molecule has 0 saturated carbocycles. The summed E-state index contributed by atoms with van der Waals surface area (Å²) < 4.78 is 5.60. The van der Waals surface area contributed by atoms with Crippen molar-refractivity contribution in [1.29, 1.82) is 0 Å². The molecule has 1 heterocycles. The number of rotatable bonds is 4. The quantitative estimate of drug-likeness (QED) is 0.886. The highest BCUT2D eigenvalue weighted by Crippen LogP contribution is 2.29. The normalized spacial score (nSPS) is 20.5. The predicted molar refractivity (Wildman–Crippen MR) is 89.6 cm³/mol. The van der Waals surface area contributed by atoms with Gasteiger partial charge < -0.3 is 15.0 Å². The van der Waals surface area contributed by atoms with Crippen LogP contribution < -0.4 is 5.32 Å². The molecule has 1 aliphatic heterocycles. The number of nitrogens with zero attached hydrogens (tertiary/aromatic N) is 1. The van der Waals surface area contributed by atoms with E-state index in [2.05, 4.69) is 5.32 Å². The van der Waals surface area contributed by atoms with E-state index in [0.29, 0.717) is 10.0 Å². The second-order valence-electron chi connectivity index (χ2n) is 5.74. The Labute approximate surface area is 141 Å². The number of hydrogen-bond donors (Lipinski definition) is 1. The molecule has 0 spiro atoms. The van der Waals surface area contributed by atoms with Gasteiger partial charge in [0.05, 0.1) is 18.2 Å². The Morgan fingerprint density at radius 2 is 2.14 bits per heavy atom. The summed E-state index contributed by atoms with van der Waals surface area (Å²) in [7, 11) is 1.76. The Hall–Kier alpha value is -0.970. The maximum Gasteiger partial charge on any atom is 0.317 e. The van der Waals surface area contributed by atoms with E-state index in [9.17, 15) is 4.79 Å². The summed E-state index contributed by atoms with van der Waals surface area (Å²) in [4.78, 5) is 14.0. The molecule has 1 aromatic rings. The Morgan fingerprint density at radius 3 is 2.73 bits per heavy atom. The van der Waals surface area contributed by atoms with E-state index in [4.69, 9.17) is 27.9 Å². The highest BCUT2D eigenvalue weighted by atomic mass is 35.5. The number of amides is 2. The lowest BCUT2D eigenvalue weighted by atomic mass is 10.1. The molecule has 0 unspecified atom stereocenters. The average Bonchev–Trinajstić information content (AvgIpc) is 3.00. The molecule has 0 bridgehead atoms. The molecule has 2 amide bonds. The van der Waals surface area contributed by atoms with Crippen LogP contribution in [0, 0.1) is 0 Å². The summed E-state index contributed by atoms with van der Waals surface area (Å²) in [5.41, 5.74) is 0.869. The van der Waals surface area contributed by atoms with Crippen LogP contribution in [0.2, 0.25) is 10.0 Å². The summed E-state index contributed by atoms with van der Waals surface area (Å²) in [6, 6.07) is 5.02. The molecule has 4 nitrogen and oxygen atoms in total. The fourth-order valence-corrected chi connectivity index (χ4v) is 3.18. The largest absolute Gasteiger partial charge is 0.376 e. The molecule has 0 radical (unpaired) electrons. The van der Waals surface area contributed by atoms with E-state index in [1.165, 1.54) is 0 Å². The lowest BCUT2D eigenvalue weighted by molar-refractivity contribution is 0.0830. The number of nitrogens with one attached hydrogen (secondary N) is 1. The van der Waals surface area contributed by atoms with Gasteiger partial charge in [0.2, 0.25) is 0 Å². The van der Waals surface area contributed by atoms with Gasteiger partial charge in [0.1, 0.15) is 0 Å². The molecule has 0 aliphatic carbocycles. The van der Waals surface area contributed by atoms with Crippen LogP contribution in [0.1, 0.15) is 38.3 Å². The van der Waals surface area contributed by atoms with Gasteiger partial charge in [-0.05, 0) is 44.4 Å². The van der Waals surface area contributed by atoms with Gasteiger partial charge in [0.25, 0.3) is 0 Å². The van der Waals surface area contributed by atoms with Crippen LogP contribution >= 0.6 is 23.2 Å². The van der Waals surface area contributed by atoms with E-state index in [1.807, 2.05) is 19.9 Å². The maximum atomic E-state index is 12.4. The van der Waals surface area contributed by atoms with Crippen LogP contribution in [0.3, 0.4) is 0 Å². The first-order valence-electron chi connectivity index (χ1n) is 7.50. The Morgan fingerprint density at radius 1 is 1.41 bits per heavy atom. The van der Waals surface area contributed by atoms with Crippen molar-refractivity contribution in [3.8, 4) is 0 Å². The lowest BCUT2D eigenvalue weighted by Gasteiger charge is -2.29. The van der Waals surface area contributed by atoms with Crippen molar-refractivity contribution in [3.63, 3.8) is 0 Å². The van der Waals surface area contributed by atoms with Gasteiger partial charge in [0, 0.05) is 23.7 Å². The van der Waals surface area contributed by atoms with Gasteiger partial charge in [-0.1, -0.05) is 29.3 Å². The molecular formula is C16H22Cl2N2O2. The lowest BCUT2D eigenvalue weighted by Crippen LogP contribution is -2.47. The van der Waals surface area contributed by atoms with Crippen LogP contribution in [-0.4, -0.2) is 36.7 Å². The third-order valence-electron chi connectivity index (χ3n) is 4.19. The van der Waals surface area contributed by atoms with Crippen molar-refractivity contribution >= 4 is 29.2 Å². The molecule has 1 aromatic carbocycles. The SMILES string of the molecule is C[C@H](NC(=O)N(C)[C@H](C)c1ccc(Cl)cc1Cl)[C@@H]1CCCO1. The molecule has 1 aliphatic rings. The number of carbonyl (C=O) groups excluding carboxylic acids is 1. The van der Waals surface area contributed by atoms with Crippen LogP contribution in [0.4, 0.5) is 4.79 Å². The van der Waals surface area contributed by atoms with E-state index in [0.717, 1.165) is 25.0 Å². The van der Waals surface area contributed by atoms with E-state index < -0.39 is 0 Å². The molecule has 22 heavy (non-hydrogen) atoms. The fourth-order valence-electron chi connectivity index (χ4n) is 2.61. The summed E-state index contributed by atoms with van der Waals surface area (Å²) >= 11 is 12.1. The summed E-state index contributed by atoms with van der Waals surface area (Å²) in [6.45, 7) is 4.69. The number of benzene rings is 1. The second kappa shape index (κ2) is 7.53. The number of urea groups is 1. The molecule has 1 N–H and O–H groups in total. The van der Waals surface area contributed by atoms with Gasteiger partial charge in [-0.2, -0.15) is 0 Å². The first-order chi connectivity index (χ1) is 10.4. The molecule has 6 heteroatoms. The Balaban J connectivity index is 1.99. The second-order valence-corrected chi connectivity index (χ2v) is 6.59. The minimum Gasteiger partial charge on any atom is -0.376 e. The van der Waals surface area contributed by atoms with E-state index in [1.54, 1.807) is 24.1 Å². The minimum absolute atomic E-state index is 0.00894. The van der Waals surface area contributed by atoms with Crippen molar-refractivity contribution in [1.82, 2.24) is 10.2 Å². The number of ether oxygens (including phenoxy) is 1. The first-order valence-corrected chi connectivity index (χ1v) is 8.25. The van der Waals surface area contributed by atoms with Crippen LogP contribution in [0.5, 0.6) is 0 Å². The Bertz CT molecular complexity index is 533. The predicted octanol–water partition coefficient (Wildman–Crippen LogP) is 4.26. The maximum absolute atomic E-state index is 12.4. The molecular weight excluding hydrogens is 323 g/mol. The topological polar surface area (TPSA) is 41.6 Å². The third-order valence-corrected chi connectivity index (χ3v) is 4.75. The number of hydrogen-bond acceptors (Lipinski definition) is 2. The molecule has 0 aromatic heterocycles.